The SMILES string of the molecule is Nc1ccc(C=O)c(OC(F)(F)F)n1. The summed E-state index contributed by atoms with van der Waals surface area (Å²) in [5.74, 6) is -0.998. The quantitative estimate of drug-likeness (QED) is 0.742. The maximum atomic E-state index is 11.8. The molecule has 0 amide bonds. The number of pyridine rings is 1. The summed E-state index contributed by atoms with van der Waals surface area (Å²) in [6.07, 6.45) is -4.69. The van der Waals surface area contributed by atoms with Crippen LogP contribution in [0.2, 0.25) is 0 Å². The number of anilines is 1. The number of hydrogen-bond donors (Lipinski definition) is 1. The lowest BCUT2D eigenvalue weighted by Crippen LogP contribution is -2.19. The molecule has 76 valence electrons. The third-order valence-electron chi connectivity index (χ3n) is 1.25. The fourth-order valence-electron chi connectivity index (χ4n) is 0.747. The second-order valence-electron chi connectivity index (χ2n) is 2.30. The first kappa shape index (κ1) is 10.3. The number of hydrogen-bond acceptors (Lipinski definition) is 4. The number of nitrogens with zero attached hydrogens (tertiary/aromatic N) is 1. The van der Waals surface area contributed by atoms with Gasteiger partial charge in [-0.25, -0.2) is 0 Å². The lowest BCUT2D eigenvalue weighted by atomic mass is 10.3. The lowest BCUT2D eigenvalue weighted by Gasteiger charge is -2.09. The highest BCUT2D eigenvalue weighted by Crippen LogP contribution is 2.24. The molecule has 0 aliphatic rings. The fourth-order valence-corrected chi connectivity index (χ4v) is 0.747. The van der Waals surface area contributed by atoms with Crippen LogP contribution in [0, 0.1) is 0 Å². The molecular formula is C7H5F3N2O2. The molecule has 1 rings (SSSR count). The van der Waals surface area contributed by atoms with Gasteiger partial charge in [-0.05, 0) is 12.1 Å². The fraction of sp³-hybridized carbons (Fsp3) is 0.143. The number of carbonyl (C=O) groups is 1. The summed E-state index contributed by atoms with van der Waals surface area (Å²) in [4.78, 5) is 13.5. The van der Waals surface area contributed by atoms with Crippen LogP contribution in [0.25, 0.3) is 0 Å². The molecule has 14 heavy (non-hydrogen) atoms. The molecule has 0 saturated heterocycles. The molecule has 7 heteroatoms. The average molecular weight is 206 g/mol. The number of rotatable bonds is 2. The van der Waals surface area contributed by atoms with E-state index in [9.17, 15) is 18.0 Å². The Balaban J connectivity index is 3.05. The largest absolute Gasteiger partial charge is 0.574 e. The minimum absolute atomic E-state index is 0.158. The van der Waals surface area contributed by atoms with Crippen molar-refractivity contribution in [3.05, 3.63) is 17.7 Å². The van der Waals surface area contributed by atoms with Gasteiger partial charge in [0.1, 0.15) is 5.82 Å². The Kier molecular flexibility index (Phi) is 2.59. The normalized spacial score (nSPS) is 11.1. The summed E-state index contributed by atoms with van der Waals surface area (Å²) in [5, 5.41) is 0. The van der Waals surface area contributed by atoms with Gasteiger partial charge >= 0.3 is 6.36 Å². The molecule has 0 aliphatic heterocycles. The summed E-state index contributed by atoms with van der Waals surface area (Å²) in [7, 11) is 0. The van der Waals surface area contributed by atoms with Gasteiger partial charge in [0.25, 0.3) is 0 Å². The molecular weight excluding hydrogens is 201 g/mol. The van der Waals surface area contributed by atoms with E-state index in [0.29, 0.717) is 0 Å². The third-order valence-corrected chi connectivity index (χ3v) is 1.25. The van der Waals surface area contributed by atoms with Crippen molar-refractivity contribution in [3.8, 4) is 5.88 Å². The Morgan fingerprint density at radius 1 is 1.43 bits per heavy atom. The number of nitrogen functional groups attached to an aromatic ring is 1. The molecule has 0 aromatic carbocycles. The van der Waals surface area contributed by atoms with E-state index in [2.05, 4.69) is 9.72 Å². The van der Waals surface area contributed by atoms with Gasteiger partial charge in [-0.1, -0.05) is 0 Å². The number of ether oxygens (including phenoxy) is 1. The van der Waals surface area contributed by atoms with Crippen molar-refractivity contribution in [2.45, 2.75) is 6.36 Å². The van der Waals surface area contributed by atoms with Crippen LogP contribution < -0.4 is 10.5 Å². The standard InChI is InChI=1S/C7H5F3N2O2/c8-7(9,10)14-6-4(3-13)1-2-5(11)12-6/h1-3H,(H2,11,12). The van der Waals surface area contributed by atoms with Gasteiger partial charge in [0, 0.05) is 0 Å². The highest BCUT2D eigenvalue weighted by Gasteiger charge is 2.32. The average Bonchev–Trinajstić information content (AvgIpc) is 2.01. The van der Waals surface area contributed by atoms with E-state index in [-0.39, 0.29) is 17.7 Å². The van der Waals surface area contributed by atoms with Crippen LogP contribution in [-0.4, -0.2) is 17.6 Å². The number of carbonyl (C=O) groups excluding carboxylic acids is 1. The number of halogens is 3. The van der Waals surface area contributed by atoms with Crippen molar-refractivity contribution in [3.63, 3.8) is 0 Å². The van der Waals surface area contributed by atoms with E-state index in [1.165, 1.54) is 6.07 Å². The first-order chi connectivity index (χ1) is 6.42. The van der Waals surface area contributed by atoms with Gasteiger partial charge < -0.3 is 10.5 Å². The van der Waals surface area contributed by atoms with Crippen molar-refractivity contribution in [1.82, 2.24) is 4.98 Å². The molecule has 0 atom stereocenters. The van der Waals surface area contributed by atoms with Gasteiger partial charge in [-0.3, -0.25) is 4.79 Å². The Labute approximate surface area is 76.5 Å². The van der Waals surface area contributed by atoms with Crippen molar-refractivity contribution in [2.75, 3.05) is 5.73 Å². The van der Waals surface area contributed by atoms with Gasteiger partial charge in [0.05, 0.1) is 5.56 Å². The molecule has 0 bridgehead atoms. The summed E-state index contributed by atoms with van der Waals surface area (Å²) in [5.41, 5.74) is 4.82. The Morgan fingerprint density at radius 3 is 2.57 bits per heavy atom. The highest BCUT2D eigenvalue weighted by molar-refractivity contribution is 5.78. The van der Waals surface area contributed by atoms with Crippen LogP contribution in [0.15, 0.2) is 12.1 Å². The first-order valence-electron chi connectivity index (χ1n) is 3.40. The summed E-state index contributed by atoms with van der Waals surface area (Å²) in [6, 6.07) is 2.30. The van der Waals surface area contributed by atoms with Crippen molar-refractivity contribution < 1.29 is 22.7 Å². The smallest absolute Gasteiger partial charge is 0.387 e. The number of aromatic nitrogens is 1. The van der Waals surface area contributed by atoms with Crippen LogP contribution in [-0.2, 0) is 0 Å². The molecule has 0 saturated carbocycles. The van der Waals surface area contributed by atoms with Crippen LogP contribution in [0.3, 0.4) is 0 Å². The van der Waals surface area contributed by atoms with E-state index in [0.717, 1.165) is 6.07 Å². The topological polar surface area (TPSA) is 65.2 Å². The van der Waals surface area contributed by atoms with Gasteiger partial charge in [0.15, 0.2) is 6.29 Å². The van der Waals surface area contributed by atoms with E-state index in [1.54, 1.807) is 0 Å². The molecule has 1 heterocycles. The maximum Gasteiger partial charge on any atom is 0.574 e. The van der Waals surface area contributed by atoms with Crippen LogP contribution in [0.1, 0.15) is 10.4 Å². The lowest BCUT2D eigenvalue weighted by molar-refractivity contribution is -0.276. The van der Waals surface area contributed by atoms with Gasteiger partial charge in [-0.15, -0.1) is 13.2 Å². The minimum Gasteiger partial charge on any atom is -0.387 e. The summed E-state index contributed by atoms with van der Waals surface area (Å²) < 4.78 is 38.8. The van der Waals surface area contributed by atoms with Crippen molar-refractivity contribution in [2.24, 2.45) is 0 Å². The molecule has 0 fully saturated rings. The van der Waals surface area contributed by atoms with Crippen LogP contribution >= 0.6 is 0 Å². The monoisotopic (exact) mass is 206 g/mol. The predicted octanol–water partition coefficient (Wildman–Crippen LogP) is 1.37. The van der Waals surface area contributed by atoms with Gasteiger partial charge in [-0.2, -0.15) is 4.98 Å². The molecule has 0 aliphatic carbocycles. The third kappa shape index (κ3) is 2.61. The zero-order chi connectivity index (χ0) is 10.8. The van der Waals surface area contributed by atoms with E-state index < -0.39 is 12.2 Å². The van der Waals surface area contributed by atoms with E-state index >= 15 is 0 Å². The summed E-state index contributed by atoms with van der Waals surface area (Å²) >= 11 is 0. The summed E-state index contributed by atoms with van der Waals surface area (Å²) in [6.45, 7) is 0. The molecule has 0 spiro atoms. The number of alkyl halides is 3. The molecule has 1 aromatic rings. The zero-order valence-electron chi connectivity index (χ0n) is 6.71. The molecule has 2 N–H and O–H groups in total. The Morgan fingerprint density at radius 2 is 2.07 bits per heavy atom. The second-order valence-corrected chi connectivity index (χ2v) is 2.30. The Hall–Kier alpha value is -1.79. The molecule has 0 radical (unpaired) electrons. The number of nitrogens with two attached hydrogens (primary N) is 1. The maximum absolute atomic E-state index is 11.8. The van der Waals surface area contributed by atoms with Crippen molar-refractivity contribution >= 4 is 12.1 Å². The van der Waals surface area contributed by atoms with E-state index in [1.807, 2.05) is 0 Å². The predicted molar refractivity (Wildman–Crippen MR) is 40.7 cm³/mol. The Bertz CT molecular complexity index is 351. The van der Waals surface area contributed by atoms with Gasteiger partial charge in [0.2, 0.25) is 5.88 Å². The van der Waals surface area contributed by atoms with Crippen molar-refractivity contribution in [1.29, 1.82) is 0 Å². The molecule has 4 nitrogen and oxygen atoms in total. The van der Waals surface area contributed by atoms with Crippen LogP contribution in [0.5, 0.6) is 5.88 Å². The molecule has 0 unspecified atom stereocenters. The second kappa shape index (κ2) is 3.52. The number of aldehydes is 1. The zero-order valence-corrected chi connectivity index (χ0v) is 6.71. The minimum atomic E-state index is -4.89. The molecule has 1 aromatic heterocycles. The highest BCUT2D eigenvalue weighted by atomic mass is 19.4. The van der Waals surface area contributed by atoms with E-state index in [4.69, 9.17) is 5.73 Å². The first-order valence-corrected chi connectivity index (χ1v) is 3.40. The van der Waals surface area contributed by atoms with Crippen LogP contribution in [0.4, 0.5) is 19.0 Å².